The standard InChI is InChI=1S/C21H16ClF3N4O4/c22-15-4-1-13(2-5-15)18(30)7-8-20(32)33-10-19(31)28-16-9-14(21(23,24)25)3-6-17(16)29-12-26-11-27-29/h1-6,9,11-12H,7-8,10H2,(H,28,31). The average Bonchev–Trinajstić information content (AvgIpc) is 3.30. The molecule has 0 unspecified atom stereocenters. The number of hydrogen-bond acceptors (Lipinski definition) is 6. The predicted molar refractivity (Wildman–Crippen MR) is 111 cm³/mol. The monoisotopic (exact) mass is 480 g/mol. The highest BCUT2D eigenvalue weighted by Crippen LogP contribution is 2.33. The maximum atomic E-state index is 13.1. The molecule has 1 heterocycles. The fraction of sp³-hybridized carbons (Fsp3) is 0.190. The van der Waals surface area contributed by atoms with Gasteiger partial charge in [-0.05, 0) is 42.5 Å². The highest BCUT2D eigenvalue weighted by Gasteiger charge is 2.31. The molecule has 0 aliphatic heterocycles. The number of esters is 1. The summed E-state index contributed by atoms with van der Waals surface area (Å²) in [4.78, 5) is 39.9. The number of ether oxygens (including phenoxy) is 1. The van der Waals surface area contributed by atoms with Crippen LogP contribution in [0.2, 0.25) is 5.02 Å². The molecule has 3 aromatic rings. The topological polar surface area (TPSA) is 103 Å². The third-order valence-corrected chi connectivity index (χ3v) is 4.60. The SMILES string of the molecule is O=C(COC(=O)CCC(=O)c1ccc(Cl)cc1)Nc1cc(C(F)(F)F)ccc1-n1cncn1. The molecule has 0 atom stereocenters. The van der Waals surface area contributed by atoms with E-state index in [4.69, 9.17) is 16.3 Å². The molecule has 172 valence electrons. The number of hydrogen-bond donors (Lipinski definition) is 1. The molecule has 0 saturated carbocycles. The Morgan fingerprint density at radius 1 is 1.06 bits per heavy atom. The second kappa shape index (κ2) is 10.3. The zero-order valence-electron chi connectivity index (χ0n) is 16.8. The number of carbonyl (C=O) groups is 3. The summed E-state index contributed by atoms with van der Waals surface area (Å²) in [7, 11) is 0. The first-order valence-electron chi connectivity index (χ1n) is 9.44. The highest BCUT2D eigenvalue weighted by molar-refractivity contribution is 6.30. The van der Waals surface area contributed by atoms with Crippen molar-refractivity contribution in [1.82, 2.24) is 14.8 Å². The van der Waals surface area contributed by atoms with E-state index < -0.39 is 30.2 Å². The van der Waals surface area contributed by atoms with Crippen LogP contribution in [0, 0.1) is 0 Å². The van der Waals surface area contributed by atoms with Crippen molar-refractivity contribution in [2.45, 2.75) is 19.0 Å². The van der Waals surface area contributed by atoms with Gasteiger partial charge in [0, 0.05) is 17.0 Å². The smallest absolute Gasteiger partial charge is 0.416 e. The Kier molecular flexibility index (Phi) is 7.44. The van der Waals surface area contributed by atoms with E-state index in [1.807, 2.05) is 0 Å². The van der Waals surface area contributed by atoms with Crippen LogP contribution in [-0.4, -0.2) is 39.0 Å². The van der Waals surface area contributed by atoms with E-state index in [2.05, 4.69) is 15.4 Å². The number of carbonyl (C=O) groups excluding carboxylic acids is 3. The Balaban J connectivity index is 1.58. The van der Waals surface area contributed by atoms with E-state index in [1.54, 1.807) is 12.1 Å². The molecule has 0 bridgehead atoms. The number of benzene rings is 2. The molecule has 2 aromatic carbocycles. The van der Waals surface area contributed by atoms with Crippen molar-refractivity contribution < 1.29 is 32.3 Å². The molecule has 1 N–H and O–H groups in total. The van der Waals surface area contributed by atoms with Gasteiger partial charge in [-0.25, -0.2) is 9.67 Å². The minimum atomic E-state index is -4.64. The van der Waals surface area contributed by atoms with Crippen LogP contribution in [0.25, 0.3) is 5.69 Å². The van der Waals surface area contributed by atoms with Crippen LogP contribution in [0.1, 0.15) is 28.8 Å². The van der Waals surface area contributed by atoms with Gasteiger partial charge in [0.2, 0.25) is 0 Å². The van der Waals surface area contributed by atoms with Crippen molar-refractivity contribution in [3.8, 4) is 5.69 Å². The van der Waals surface area contributed by atoms with Crippen LogP contribution in [0.3, 0.4) is 0 Å². The molecule has 33 heavy (non-hydrogen) atoms. The zero-order chi connectivity index (χ0) is 24.0. The minimum Gasteiger partial charge on any atom is -0.456 e. The number of anilines is 1. The van der Waals surface area contributed by atoms with Crippen molar-refractivity contribution in [3.05, 3.63) is 71.3 Å². The third kappa shape index (κ3) is 6.62. The normalized spacial score (nSPS) is 11.2. The predicted octanol–water partition coefficient (Wildman–Crippen LogP) is 4.08. The summed E-state index contributed by atoms with van der Waals surface area (Å²) in [5.74, 6) is -1.99. The lowest BCUT2D eigenvalue weighted by Crippen LogP contribution is -2.22. The van der Waals surface area contributed by atoms with E-state index >= 15 is 0 Å². The number of alkyl halides is 3. The molecule has 0 aliphatic carbocycles. The zero-order valence-corrected chi connectivity index (χ0v) is 17.6. The maximum Gasteiger partial charge on any atom is 0.416 e. The Morgan fingerprint density at radius 2 is 1.79 bits per heavy atom. The van der Waals surface area contributed by atoms with Crippen LogP contribution < -0.4 is 5.32 Å². The van der Waals surface area contributed by atoms with E-state index in [1.165, 1.54) is 29.5 Å². The fourth-order valence-corrected chi connectivity index (χ4v) is 2.87. The van der Waals surface area contributed by atoms with E-state index in [-0.39, 0.29) is 30.0 Å². The summed E-state index contributed by atoms with van der Waals surface area (Å²) < 4.78 is 45.2. The maximum absolute atomic E-state index is 13.1. The number of nitrogens with zero attached hydrogens (tertiary/aromatic N) is 3. The number of nitrogens with one attached hydrogen (secondary N) is 1. The van der Waals surface area contributed by atoms with Gasteiger partial charge in [-0.15, -0.1) is 0 Å². The number of halogens is 4. The molecule has 1 amide bonds. The molecule has 12 heteroatoms. The summed E-state index contributed by atoms with van der Waals surface area (Å²) in [6.45, 7) is -0.749. The van der Waals surface area contributed by atoms with Gasteiger partial charge in [0.25, 0.3) is 5.91 Å². The fourth-order valence-electron chi connectivity index (χ4n) is 2.75. The molecule has 1 aromatic heterocycles. The lowest BCUT2D eigenvalue weighted by Gasteiger charge is -2.14. The Labute approximate surface area is 190 Å². The molecule has 0 aliphatic rings. The number of amides is 1. The highest BCUT2D eigenvalue weighted by atomic mass is 35.5. The molecule has 0 fully saturated rings. The van der Waals surface area contributed by atoms with Gasteiger partial charge < -0.3 is 10.1 Å². The van der Waals surface area contributed by atoms with Gasteiger partial charge in [-0.3, -0.25) is 14.4 Å². The summed E-state index contributed by atoms with van der Waals surface area (Å²) >= 11 is 5.76. The lowest BCUT2D eigenvalue weighted by atomic mass is 10.1. The van der Waals surface area contributed by atoms with Crippen LogP contribution >= 0.6 is 11.6 Å². The van der Waals surface area contributed by atoms with Crippen molar-refractivity contribution in [2.75, 3.05) is 11.9 Å². The lowest BCUT2D eigenvalue weighted by molar-refractivity contribution is -0.147. The summed E-state index contributed by atoms with van der Waals surface area (Å²) in [6.07, 6.45) is -2.63. The molecule has 3 rings (SSSR count). The Hall–Kier alpha value is -3.73. The van der Waals surface area contributed by atoms with Gasteiger partial charge in [-0.1, -0.05) is 11.6 Å². The van der Waals surface area contributed by atoms with Gasteiger partial charge >= 0.3 is 12.1 Å². The largest absolute Gasteiger partial charge is 0.456 e. The van der Waals surface area contributed by atoms with E-state index in [0.717, 1.165) is 18.2 Å². The van der Waals surface area contributed by atoms with E-state index in [0.29, 0.717) is 10.6 Å². The molecular formula is C21H16ClF3N4O4. The molecule has 8 nitrogen and oxygen atoms in total. The van der Waals surface area contributed by atoms with Gasteiger partial charge in [0.15, 0.2) is 12.4 Å². The number of rotatable bonds is 8. The van der Waals surface area contributed by atoms with Gasteiger partial charge in [0.05, 0.1) is 23.4 Å². The van der Waals surface area contributed by atoms with Crippen molar-refractivity contribution in [2.24, 2.45) is 0 Å². The second-order valence-electron chi connectivity index (χ2n) is 6.71. The van der Waals surface area contributed by atoms with Crippen molar-refractivity contribution in [1.29, 1.82) is 0 Å². The molecule has 0 radical (unpaired) electrons. The van der Waals surface area contributed by atoms with Crippen LogP contribution in [0.5, 0.6) is 0 Å². The first kappa shape index (κ1) is 23.9. The van der Waals surface area contributed by atoms with Crippen LogP contribution in [-0.2, 0) is 20.5 Å². The summed E-state index contributed by atoms with van der Waals surface area (Å²) in [5.41, 5.74) is -0.683. The number of Topliss-reactive ketones (excluding diaryl/α,β-unsaturated/α-hetero) is 1. The number of aromatic nitrogens is 3. The number of ketones is 1. The van der Waals surface area contributed by atoms with Crippen molar-refractivity contribution >= 4 is 34.9 Å². The van der Waals surface area contributed by atoms with Crippen LogP contribution in [0.15, 0.2) is 55.1 Å². The molecule has 0 saturated heterocycles. The molecular weight excluding hydrogens is 465 g/mol. The van der Waals surface area contributed by atoms with E-state index in [9.17, 15) is 27.6 Å². The van der Waals surface area contributed by atoms with Gasteiger partial charge in [0.1, 0.15) is 12.7 Å². The average molecular weight is 481 g/mol. The van der Waals surface area contributed by atoms with Crippen molar-refractivity contribution in [3.63, 3.8) is 0 Å². The third-order valence-electron chi connectivity index (χ3n) is 4.35. The van der Waals surface area contributed by atoms with Crippen LogP contribution in [0.4, 0.5) is 18.9 Å². The summed E-state index contributed by atoms with van der Waals surface area (Å²) in [6, 6.07) is 8.82. The van der Waals surface area contributed by atoms with Gasteiger partial charge in [-0.2, -0.15) is 18.3 Å². The quantitative estimate of drug-likeness (QED) is 0.385. The molecule has 0 spiro atoms. The summed E-state index contributed by atoms with van der Waals surface area (Å²) in [5, 5.41) is 6.58. The Bertz CT molecular complexity index is 1150. The first-order valence-corrected chi connectivity index (χ1v) is 9.82. The Morgan fingerprint density at radius 3 is 2.42 bits per heavy atom. The second-order valence-corrected chi connectivity index (χ2v) is 7.15. The first-order chi connectivity index (χ1) is 15.6. The minimum absolute atomic E-state index is 0.133.